The van der Waals surface area contributed by atoms with Gasteiger partial charge in [0.1, 0.15) is 5.75 Å². The highest BCUT2D eigenvalue weighted by molar-refractivity contribution is 5.92. The molecule has 0 fully saturated rings. The molecule has 1 heterocycles. The highest BCUT2D eigenvalue weighted by atomic mass is 19.4. The van der Waals surface area contributed by atoms with Gasteiger partial charge in [-0.25, -0.2) is 0 Å². The summed E-state index contributed by atoms with van der Waals surface area (Å²) in [5.41, 5.74) is -0.00867. The number of benzene rings is 1. The van der Waals surface area contributed by atoms with Crippen molar-refractivity contribution in [1.29, 1.82) is 0 Å². The Bertz CT molecular complexity index is 724. The van der Waals surface area contributed by atoms with Crippen molar-refractivity contribution in [2.24, 2.45) is 5.92 Å². The lowest BCUT2D eigenvalue weighted by atomic mass is 10.1. The number of hydrogen-bond donors (Lipinski definition) is 1. The number of amides is 1. The fraction of sp³-hybridized carbons (Fsp3) is 0.412. The van der Waals surface area contributed by atoms with Crippen LogP contribution >= 0.6 is 0 Å². The van der Waals surface area contributed by atoms with Crippen LogP contribution in [0.3, 0.4) is 0 Å². The molecule has 5 nitrogen and oxygen atoms in total. The molecule has 0 aliphatic heterocycles. The molecule has 1 atom stereocenters. The molecule has 1 amide bonds. The Balaban J connectivity index is 1.99. The molecule has 0 spiro atoms. The van der Waals surface area contributed by atoms with Crippen molar-refractivity contribution in [3.8, 4) is 5.75 Å². The second kappa shape index (κ2) is 7.58. The van der Waals surface area contributed by atoms with Crippen molar-refractivity contribution in [3.05, 3.63) is 41.7 Å². The zero-order chi connectivity index (χ0) is 18.6. The van der Waals surface area contributed by atoms with Gasteiger partial charge in [-0.1, -0.05) is 6.92 Å². The van der Waals surface area contributed by atoms with Crippen molar-refractivity contribution >= 4 is 11.6 Å². The van der Waals surface area contributed by atoms with Gasteiger partial charge in [0.05, 0.1) is 19.1 Å². The summed E-state index contributed by atoms with van der Waals surface area (Å²) in [5, 5.41) is 6.27. The molecule has 1 aromatic heterocycles. The van der Waals surface area contributed by atoms with Crippen LogP contribution in [-0.2, 0) is 17.5 Å². The Morgan fingerprint density at radius 2 is 1.96 bits per heavy atom. The number of nitrogens with one attached hydrogen (secondary N) is 1. The normalized spacial score (nSPS) is 12.7. The molecular weight excluding hydrogens is 335 g/mol. The van der Waals surface area contributed by atoms with E-state index in [1.54, 1.807) is 31.2 Å². The van der Waals surface area contributed by atoms with E-state index in [0.717, 1.165) is 6.07 Å². The Labute approximate surface area is 143 Å². The van der Waals surface area contributed by atoms with Crippen LogP contribution < -0.4 is 10.1 Å². The monoisotopic (exact) mass is 355 g/mol. The smallest absolute Gasteiger partial charge is 0.435 e. The van der Waals surface area contributed by atoms with E-state index in [0.29, 0.717) is 23.7 Å². The summed E-state index contributed by atoms with van der Waals surface area (Å²) < 4.78 is 44.6. The van der Waals surface area contributed by atoms with Crippen LogP contribution in [0.2, 0.25) is 0 Å². The first kappa shape index (κ1) is 18.8. The number of aromatic nitrogens is 2. The quantitative estimate of drug-likeness (QED) is 0.855. The molecule has 25 heavy (non-hydrogen) atoms. The highest BCUT2D eigenvalue weighted by Crippen LogP contribution is 2.28. The van der Waals surface area contributed by atoms with E-state index in [9.17, 15) is 18.0 Å². The van der Waals surface area contributed by atoms with Crippen molar-refractivity contribution in [2.75, 3.05) is 11.9 Å². The second-order valence-electron chi connectivity index (χ2n) is 5.70. The molecular formula is C17H20F3N3O2. The highest BCUT2D eigenvalue weighted by Gasteiger charge is 2.34. The maximum absolute atomic E-state index is 12.7. The Morgan fingerprint density at radius 3 is 2.48 bits per heavy atom. The molecule has 2 rings (SSSR count). The van der Waals surface area contributed by atoms with E-state index in [2.05, 4.69) is 10.4 Å². The van der Waals surface area contributed by atoms with Crippen molar-refractivity contribution in [3.63, 3.8) is 0 Å². The summed E-state index contributed by atoms with van der Waals surface area (Å²) >= 11 is 0. The third kappa shape index (κ3) is 4.98. The summed E-state index contributed by atoms with van der Waals surface area (Å²) in [6.45, 7) is 5.65. The second-order valence-corrected chi connectivity index (χ2v) is 5.70. The lowest BCUT2D eigenvalue weighted by Gasteiger charge is -2.14. The van der Waals surface area contributed by atoms with Crippen LogP contribution in [0, 0.1) is 12.8 Å². The molecule has 2 aromatic rings. The van der Waals surface area contributed by atoms with Crippen molar-refractivity contribution in [2.45, 2.75) is 33.5 Å². The first-order chi connectivity index (χ1) is 11.7. The number of carbonyl (C=O) groups is 1. The van der Waals surface area contributed by atoms with Gasteiger partial charge in [0.2, 0.25) is 5.91 Å². The lowest BCUT2D eigenvalue weighted by Crippen LogP contribution is -2.25. The number of alkyl halides is 3. The molecule has 0 aliphatic rings. The number of nitrogens with zero attached hydrogens (tertiary/aromatic N) is 2. The van der Waals surface area contributed by atoms with Gasteiger partial charge in [-0.3, -0.25) is 9.48 Å². The van der Waals surface area contributed by atoms with Gasteiger partial charge in [-0.2, -0.15) is 18.3 Å². The minimum Gasteiger partial charge on any atom is -0.494 e. The van der Waals surface area contributed by atoms with Crippen LogP contribution in [0.5, 0.6) is 5.75 Å². The standard InChI is InChI=1S/C17H20F3N3O2/c1-4-25-14-7-5-13(6-8-14)21-16(24)11(2)10-23-12(3)9-15(22-23)17(18,19)20/h5-9,11H,4,10H2,1-3H3,(H,21,24). The Kier molecular flexibility index (Phi) is 5.71. The number of carbonyl (C=O) groups excluding carboxylic acids is 1. The predicted octanol–water partition coefficient (Wildman–Crippen LogP) is 3.88. The van der Waals surface area contributed by atoms with Gasteiger partial charge in [-0.05, 0) is 44.2 Å². The SMILES string of the molecule is CCOc1ccc(NC(=O)C(C)Cn2nc(C(F)(F)F)cc2C)cc1. The zero-order valence-corrected chi connectivity index (χ0v) is 14.2. The minimum atomic E-state index is -4.50. The number of halogens is 3. The molecule has 0 saturated carbocycles. The first-order valence-corrected chi connectivity index (χ1v) is 7.86. The molecule has 1 aromatic carbocycles. The third-order valence-corrected chi connectivity index (χ3v) is 3.60. The fourth-order valence-corrected chi connectivity index (χ4v) is 2.24. The average Bonchev–Trinajstić information content (AvgIpc) is 2.90. The maximum Gasteiger partial charge on any atom is 0.435 e. The van der Waals surface area contributed by atoms with Crippen LogP contribution in [0.15, 0.2) is 30.3 Å². The van der Waals surface area contributed by atoms with E-state index >= 15 is 0 Å². The Morgan fingerprint density at radius 1 is 1.32 bits per heavy atom. The predicted molar refractivity (Wildman–Crippen MR) is 87.4 cm³/mol. The van der Waals surface area contributed by atoms with Crippen LogP contribution in [0.1, 0.15) is 25.2 Å². The Hall–Kier alpha value is -2.51. The molecule has 8 heteroatoms. The third-order valence-electron chi connectivity index (χ3n) is 3.60. The number of hydrogen-bond acceptors (Lipinski definition) is 3. The zero-order valence-electron chi connectivity index (χ0n) is 14.2. The van der Waals surface area contributed by atoms with Crippen LogP contribution in [0.4, 0.5) is 18.9 Å². The number of ether oxygens (including phenoxy) is 1. The fourth-order valence-electron chi connectivity index (χ4n) is 2.24. The summed E-state index contributed by atoms with van der Waals surface area (Å²) in [6.07, 6.45) is -4.50. The summed E-state index contributed by atoms with van der Waals surface area (Å²) in [6, 6.07) is 7.85. The summed E-state index contributed by atoms with van der Waals surface area (Å²) in [7, 11) is 0. The number of rotatable bonds is 6. The van der Waals surface area contributed by atoms with E-state index in [-0.39, 0.29) is 12.5 Å². The largest absolute Gasteiger partial charge is 0.494 e. The molecule has 1 unspecified atom stereocenters. The van der Waals surface area contributed by atoms with Crippen LogP contribution in [-0.4, -0.2) is 22.3 Å². The first-order valence-electron chi connectivity index (χ1n) is 7.86. The van der Waals surface area contributed by atoms with E-state index in [4.69, 9.17) is 4.74 Å². The van der Waals surface area contributed by atoms with Crippen LogP contribution in [0.25, 0.3) is 0 Å². The molecule has 0 radical (unpaired) electrons. The molecule has 0 bridgehead atoms. The van der Waals surface area contributed by atoms with Gasteiger partial charge in [-0.15, -0.1) is 0 Å². The van der Waals surface area contributed by atoms with Gasteiger partial charge in [0.15, 0.2) is 5.69 Å². The lowest BCUT2D eigenvalue weighted by molar-refractivity contribution is -0.141. The van der Waals surface area contributed by atoms with Gasteiger partial charge in [0, 0.05) is 11.4 Å². The van der Waals surface area contributed by atoms with Gasteiger partial charge < -0.3 is 10.1 Å². The topological polar surface area (TPSA) is 56.1 Å². The summed E-state index contributed by atoms with van der Waals surface area (Å²) in [4.78, 5) is 12.2. The average molecular weight is 355 g/mol. The molecule has 0 saturated heterocycles. The van der Waals surface area contributed by atoms with Crippen molar-refractivity contribution in [1.82, 2.24) is 9.78 Å². The van der Waals surface area contributed by atoms with Gasteiger partial charge >= 0.3 is 6.18 Å². The molecule has 1 N–H and O–H groups in total. The van der Waals surface area contributed by atoms with Gasteiger partial charge in [0.25, 0.3) is 0 Å². The summed E-state index contributed by atoms with van der Waals surface area (Å²) in [5.74, 6) is -0.153. The van der Waals surface area contributed by atoms with Crippen molar-refractivity contribution < 1.29 is 22.7 Å². The van der Waals surface area contributed by atoms with E-state index in [1.807, 2.05) is 6.92 Å². The number of aryl methyl sites for hydroxylation is 1. The molecule has 136 valence electrons. The minimum absolute atomic E-state index is 0.0603. The number of anilines is 1. The maximum atomic E-state index is 12.7. The van der Waals surface area contributed by atoms with E-state index < -0.39 is 17.8 Å². The molecule has 0 aliphatic carbocycles. The van der Waals surface area contributed by atoms with E-state index in [1.165, 1.54) is 11.6 Å².